The molecular formula is C21H21ClN6O2. The van der Waals surface area contributed by atoms with E-state index >= 15 is 0 Å². The Balaban J connectivity index is 1.33. The quantitative estimate of drug-likeness (QED) is 0.330. The number of aromatic nitrogens is 5. The second kappa shape index (κ2) is 9.04. The summed E-state index contributed by atoms with van der Waals surface area (Å²) in [6.45, 7) is 4.59. The molecule has 0 fully saturated rings. The van der Waals surface area contributed by atoms with E-state index in [-0.39, 0.29) is 6.01 Å². The van der Waals surface area contributed by atoms with Crippen molar-refractivity contribution in [3.63, 3.8) is 0 Å². The van der Waals surface area contributed by atoms with Crippen LogP contribution in [0.4, 0.5) is 5.82 Å². The molecule has 0 spiro atoms. The van der Waals surface area contributed by atoms with Crippen LogP contribution >= 0.6 is 11.6 Å². The van der Waals surface area contributed by atoms with Crippen molar-refractivity contribution < 1.29 is 9.26 Å². The zero-order valence-electron chi connectivity index (χ0n) is 16.7. The number of halogens is 1. The molecule has 0 bridgehead atoms. The minimum Gasteiger partial charge on any atom is -0.463 e. The van der Waals surface area contributed by atoms with Crippen molar-refractivity contribution in [2.24, 2.45) is 0 Å². The van der Waals surface area contributed by atoms with Gasteiger partial charge in [-0.2, -0.15) is 9.97 Å². The molecule has 0 unspecified atom stereocenters. The molecule has 1 N–H and O–H groups in total. The number of ether oxygens (including phenoxy) is 1. The molecule has 4 rings (SSSR count). The Labute approximate surface area is 178 Å². The van der Waals surface area contributed by atoms with Crippen LogP contribution in [0.1, 0.15) is 29.1 Å². The van der Waals surface area contributed by atoms with E-state index in [0.29, 0.717) is 29.9 Å². The van der Waals surface area contributed by atoms with Crippen molar-refractivity contribution in [2.75, 3.05) is 11.9 Å². The van der Waals surface area contributed by atoms with Crippen molar-refractivity contribution in [3.05, 3.63) is 64.4 Å². The van der Waals surface area contributed by atoms with E-state index in [9.17, 15) is 0 Å². The number of nitrogens with zero attached hydrogens (tertiary/aromatic N) is 5. The first-order valence-electron chi connectivity index (χ1n) is 9.62. The van der Waals surface area contributed by atoms with E-state index in [0.717, 1.165) is 40.8 Å². The van der Waals surface area contributed by atoms with Crippen molar-refractivity contribution in [3.8, 4) is 6.01 Å². The van der Waals surface area contributed by atoms with E-state index in [1.807, 2.05) is 44.2 Å². The molecule has 0 aliphatic rings. The van der Waals surface area contributed by atoms with Gasteiger partial charge >= 0.3 is 6.01 Å². The van der Waals surface area contributed by atoms with Crippen LogP contribution in [-0.2, 0) is 13.0 Å². The first kappa shape index (κ1) is 20.0. The third kappa shape index (κ3) is 4.83. The predicted molar refractivity (Wildman–Crippen MR) is 114 cm³/mol. The van der Waals surface area contributed by atoms with Gasteiger partial charge in [0, 0.05) is 17.8 Å². The molecule has 0 saturated carbocycles. The van der Waals surface area contributed by atoms with Crippen LogP contribution in [0.25, 0.3) is 11.0 Å². The fourth-order valence-electron chi connectivity index (χ4n) is 2.91. The van der Waals surface area contributed by atoms with Crippen LogP contribution in [-0.4, -0.2) is 31.7 Å². The van der Waals surface area contributed by atoms with Crippen LogP contribution in [0.15, 0.2) is 41.1 Å². The number of rotatable bonds is 8. The lowest BCUT2D eigenvalue weighted by Gasteiger charge is -2.11. The number of nitrogens with one attached hydrogen (secondary N) is 1. The lowest BCUT2D eigenvalue weighted by molar-refractivity contribution is 0.286. The Hall–Kier alpha value is -3.26. The number of hydrogen-bond donors (Lipinski definition) is 1. The zero-order valence-corrected chi connectivity index (χ0v) is 17.5. The molecule has 4 aromatic rings. The van der Waals surface area contributed by atoms with Crippen LogP contribution in [0.5, 0.6) is 6.01 Å². The average molecular weight is 425 g/mol. The van der Waals surface area contributed by atoms with Crippen molar-refractivity contribution in [1.29, 1.82) is 0 Å². The SMILES string of the molecule is Cc1cc(CNc2nc(OCCCc3cnc4ccccc4n3)nc(Cl)c2C)on1. The first-order chi connectivity index (χ1) is 14.6. The minimum absolute atomic E-state index is 0.228. The van der Waals surface area contributed by atoms with Crippen LogP contribution < -0.4 is 10.1 Å². The zero-order chi connectivity index (χ0) is 20.9. The normalized spacial score (nSPS) is 11.0. The third-order valence-electron chi connectivity index (χ3n) is 4.48. The highest BCUT2D eigenvalue weighted by Crippen LogP contribution is 2.23. The Bertz CT molecular complexity index is 1160. The van der Waals surface area contributed by atoms with Crippen molar-refractivity contribution in [2.45, 2.75) is 33.2 Å². The number of aryl methyl sites for hydroxylation is 2. The highest BCUT2D eigenvalue weighted by Gasteiger charge is 2.11. The minimum atomic E-state index is 0.228. The van der Waals surface area contributed by atoms with E-state index in [1.165, 1.54) is 0 Å². The van der Waals surface area contributed by atoms with Crippen LogP contribution in [0.2, 0.25) is 5.15 Å². The number of fused-ring (bicyclic) bond motifs is 1. The second-order valence-corrected chi connectivity index (χ2v) is 7.22. The molecule has 0 aliphatic heterocycles. The summed E-state index contributed by atoms with van der Waals surface area (Å²) < 4.78 is 10.9. The molecule has 8 nitrogen and oxygen atoms in total. The van der Waals surface area contributed by atoms with Gasteiger partial charge in [-0.25, -0.2) is 4.98 Å². The molecule has 1 aromatic carbocycles. The molecule has 0 amide bonds. The molecule has 0 aliphatic carbocycles. The molecule has 30 heavy (non-hydrogen) atoms. The fourth-order valence-corrected chi connectivity index (χ4v) is 3.07. The number of anilines is 1. The Morgan fingerprint density at radius 2 is 1.93 bits per heavy atom. The van der Waals surface area contributed by atoms with E-state index in [4.69, 9.17) is 20.9 Å². The van der Waals surface area contributed by atoms with Gasteiger partial charge in [-0.1, -0.05) is 28.9 Å². The van der Waals surface area contributed by atoms with Gasteiger partial charge in [-0.05, 0) is 38.8 Å². The third-order valence-corrected chi connectivity index (χ3v) is 4.85. The topological polar surface area (TPSA) is 98.9 Å². The summed E-state index contributed by atoms with van der Waals surface area (Å²) in [6.07, 6.45) is 3.30. The number of para-hydroxylation sites is 2. The molecule has 0 atom stereocenters. The maximum atomic E-state index is 6.24. The second-order valence-electron chi connectivity index (χ2n) is 6.86. The highest BCUT2D eigenvalue weighted by atomic mass is 35.5. The summed E-state index contributed by atoms with van der Waals surface area (Å²) in [7, 11) is 0. The van der Waals surface area contributed by atoms with Crippen molar-refractivity contribution >= 4 is 28.5 Å². The van der Waals surface area contributed by atoms with Gasteiger partial charge in [-0.3, -0.25) is 4.98 Å². The predicted octanol–water partition coefficient (Wildman–Crippen LogP) is 4.30. The molecule has 0 saturated heterocycles. The lowest BCUT2D eigenvalue weighted by atomic mass is 10.2. The fraction of sp³-hybridized carbons (Fsp3) is 0.286. The Morgan fingerprint density at radius 1 is 1.10 bits per heavy atom. The number of hydrogen-bond acceptors (Lipinski definition) is 8. The average Bonchev–Trinajstić information content (AvgIpc) is 3.17. The van der Waals surface area contributed by atoms with Gasteiger partial charge in [-0.15, -0.1) is 0 Å². The summed E-state index contributed by atoms with van der Waals surface area (Å²) in [5.74, 6) is 1.31. The van der Waals surface area contributed by atoms with E-state index < -0.39 is 0 Å². The summed E-state index contributed by atoms with van der Waals surface area (Å²) in [4.78, 5) is 17.7. The van der Waals surface area contributed by atoms with Gasteiger partial charge in [0.1, 0.15) is 11.0 Å². The maximum Gasteiger partial charge on any atom is 0.319 e. The Morgan fingerprint density at radius 3 is 2.73 bits per heavy atom. The summed E-state index contributed by atoms with van der Waals surface area (Å²) in [5.41, 5.74) is 4.27. The van der Waals surface area contributed by atoms with Gasteiger partial charge in [0.05, 0.1) is 35.6 Å². The first-order valence-corrected chi connectivity index (χ1v) is 10.00. The summed E-state index contributed by atoms with van der Waals surface area (Å²) in [6, 6.07) is 9.90. The Kier molecular flexibility index (Phi) is 6.04. The molecule has 154 valence electrons. The van der Waals surface area contributed by atoms with Crippen molar-refractivity contribution in [1.82, 2.24) is 25.1 Å². The number of benzene rings is 1. The molecular weight excluding hydrogens is 404 g/mol. The van der Waals surface area contributed by atoms with E-state index in [1.54, 1.807) is 6.20 Å². The molecule has 9 heteroatoms. The lowest BCUT2D eigenvalue weighted by Crippen LogP contribution is -2.08. The smallest absolute Gasteiger partial charge is 0.319 e. The maximum absolute atomic E-state index is 6.24. The summed E-state index contributed by atoms with van der Waals surface area (Å²) >= 11 is 6.24. The standard InChI is InChI=1S/C21H21ClN6O2/c1-13-10-16(30-28-13)12-24-20-14(2)19(22)26-21(27-20)29-9-5-6-15-11-23-17-7-3-4-8-18(17)25-15/h3-4,7-8,10-11H,5-6,9,12H2,1-2H3,(H,24,26,27). The van der Waals surface area contributed by atoms with E-state index in [2.05, 4.69) is 30.4 Å². The van der Waals surface area contributed by atoms with Crippen LogP contribution in [0, 0.1) is 13.8 Å². The van der Waals surface area contributed by atoms with Gasteiger partial charge in [0.15, 0.2) is 5.76 Å². The van der Waals surface area contributed by atoms with Crippen LogP contribution in [0.3, 0.4) is 0 Å². The van der Waals surface area contributed by atoms with Gasteiger partial charge in [0.25, 0.3) is 0 Å². The molecule has 3 heterocycles. The van der Waals surface area contributed by atoms with Gasteiger partial charge in [0.2, 0.25) is 0 Å². The summed E-state index contributed by atoms with van der Waals surface area (Å²) in [5, 5.41) is 7.40. The molecule has 3 aromatic heterocycles. The highest BCUT2D eigenvalue weighted by molar-refractivity contribution is 6.30. The molecule has 0 radical (unpaired) electrons. The van der Waals surface area contributed by atoms with Gasteiger partial charge < -0.3 is 14.6 Å². The monoisotopic (exact) mass is 424 g/mol. The largest absolute Gasteiger partial charge is 0.463 e.